The summed E-state index contributed by atoms with van der Waals surface area (Å²) >= 11 is 0. The zero-order chi connectivity index (χ0) is 22.0. The van der Waals surface area contributed by atoms with Gasteiger partial charge in [-0.3, -0.25) is 0 Å². The van der Waals surface area contributed by atoms with Crippen molar-refractivity contribution in [3.63, 3.8) is 0 Å². The lowest BCUT2D eigenvalue weighted by molar-refractivity contribution is -0.0592. The van der Waals surface area contributed by atoms with E-state index in [2.05, 4.69) is 35.4 Å². The normalized spacial score (nSPS) is 29.1. The highest BCUT2D eigenvalue weighted by molar-refractivity contribution is 5.99. The second-order valence-electron chi connectivity index (χ2n) is 9.22. The molecule has 1 saturated carbocycles. The Hall–Kier alpha value is -3.16. The zero-order valence-corrected chi connectivity index (χ0v) is 17.6. The first-order valence-electron chi connectivity index (χ1n) is 10.4. The van der Waals surface area contributed by atoms with Crippen LogP contribution in [0.15, 0.2) is 29.1 Å². The molecule has 2 aliphatic heterocycles. The Morgan fingerprint density at radius 3 is 2.74 bits per heavy atom. The van der Waals surface area contributed by atoms with Gasteiger partial charge in [0.2, 0.25) is 5.82 Å². The fourth-order valence-electron chi connectivity index (χ4n) is 5.04. The standard InChI is InChI=1S/C22H24N4O5/c1-12-9-22(12,20-24-17(11-27)31-25-20)26-16-5-4-13(8-15(16)23-18(26)19(28)29)14-6-7-30-21(2,3)10-14/h4-5,8,12,14H,6-7,9-10H2,1-3H3,(H,24,25)(H,28,29)/t12-,14-,22-/m0/s1. The summed E-state index contributed by atoms with van der Waals surface area (Å²) in [5.41, 5.74) is 4.20. The molecule has 9 heteroatoms. The maximum absolute atomic E-state index is 12.1. The molecule has 162 valence electrons. The van der Waals surface area contributed by atoms with Gasteiger partial charge in [0.25, 0.3) is 0 Å². The molecule has 0 amide bonds. The summed E-state index contributed by atoms with van der Waals surface area (Å²) in [7, 11) is 0. The maximum atomic E-state index is 12.1. The van der Waals surface area contributed by atoms with Gasteiger partial charge in [0.1, 0.15) is 5.54 Å². The highest BCUT2D eigenvalue weighted by atomic mass is 16.7. The van der Waals surface area contributed by atoms with Gasteiger partial charge in [0, 0.05) is 6.61 Å². The predicted molar refractivity (Wildman–Crippen MR) is 111 cm³/mol. The van der Waals surface area contributed by atoms with Crippen molar-refractivity contribution >= 4 is 28.8 Å². The number of carbonyl (C=O) groups excluding carboxylic acids is 1. The Kier molecular flexibility index (Phi) is 4.26. The molecule has 3 aliphatic rings. The molecule has 2 aromatic rings. The van der Waals surface area contributed by atoms with E-state index in [-0.39, 0.29) is 23.2 Å². The number of fused-ring (bicyclic) bond motifs is 1. The van der Waals surface area contributed by atoms with Crippen LogP contribution in [0.2, 0.25) is 0 Å². The first-order chi connectivity index (χ1) is 14.7. The van der Waals surface area contributed by atoms with Crippen LogP contribution in [0.1, 0.15) is 62.1 Å². The van der Waals surface area contributed by atoms with Crippen LogP contribution in [0, 0.1) is 5.92 Å². The number of nitrogens with one attached hydrogen (secondary N) is 1. The van der Waals surface area contributed by atoms with Crippen molar-refractivity contribution in [1.82, 2.24) is 15.0 Å². The molecular weight excluding hydrogens is 400 g/mol. The predicted octanol–water partition coefficient (Wildman–Crippen LogP) is 2.75. The molecule has 3 heterocycles. The number of carboxylic acid groups (broad SMARTS) is 1. The molecule has 1 aliphatic carbocycles. The fraction of sp³-hybridized carbons (Fsp3) is 0.500. The number of ether oxygens (including phenoxy) is 1. The minimum absolute atomic E-state index is 0.0585. The third kappa shape index (κ3) is 3.04. The number of aromatic carboxylic acids is 1. The summed E-state index contributed by atoms with van der Waals surface area (Å²) in [6.45, 7) is 6.88. The summed E-state index contributed by atoms with van der Waals surface area (Å²) in [6, 6.07) is 5.98. The Morgan fingerprint density at radius 1 is 1.35 bits per heavy atom. The number of benzene rings is 1. The monoisotopic (exact) mass is 424 g/mol. The minimum atomic E-state index is -1.12. The Balaban J connectivity index is 1.63. The van der Waals surface area contributed by atoms with Crippen LogP contribution in [0.4, 0.5) is 0 Å². The third-order valence-electron chi connectivity index (χ3n) is 6.66. The fourth-order valence-corrected chi connectivity index (χ4v) is 5.04. The zero-order valence-electron chi connectivity index (χ0n) is 17.6. The highest BCUT2D eigenvalue weighted by Crippen LogP contribution is 2.53. The van der Waals surface area contributed by atoms with Gasteiger partial charge in [-0.1, -0.05) is 13.0 Å². The van der Waals surface area contributed by atoms with Crippen molar-refractivity contribution in [2.75, 3.05) is 6.61 Å². The van der Waals surface area contributed by atoms with Gasteiger partial charge < -0.3 is 19.2 Å². The van der Waals surface area contributed by atoms with Crippen molar-refractivity contribution < 1.29 is 24.3 Å². The molecule has 1 aromatic carbocycles. The average Bonchev–Trinajstić information content (AvgIpc) is 3.11. The SMILES string of the molecule is C[C@H]1C[C@]1(C1=NC(=C=O)ON1)n1c(C(=O)O)nc2cc([C@H]3CCOC(C)(C)C3)ccc21. The van der Waals surface area contributed by atoms with Crippen molar-refractivity contribution in [1.29, 1.82) is 0 Å². The lowest BCUT2D eigenvalue weighted by Crippen LogP contribution is -2.38. The van der Waals surface area contributed by atoms with E-state index in [1.807, 2.05) is 19.1 Å². The number of rotatable bonds is 4. The molecule has 1 saturated heterocycles. The second-order valence-corrected chi connectivity index (χ2v) is 9.22. The maximum Gasteiger partial charge on any atom is 0.372 e. The summed E-state index contributed by atoms with van der Waals surface area (Å²) in [5, 5.41) is 9.91. The van der Waals surface area contributed by atoms with Gasteiger partial charge in [-0.25, -0.2) is 20.1 Å². The molecule has 1 aromatic heterocycles. The van der Waals surface area contributed by atoms with Crippen molar-refractivity contribution in [3.8, 4) is 0 Å². The summed E-state index contributed by atoms with van der Waals surface area (Å²) in [4.78, 5) is 36.8. The van der Waals surface area contributed by atoms with Gasteiger partial charge in [-0.05, 0) is 62.6 Å². The molecule has 9 nitrogen and oxygen atoms in total. The first-order valence-corrected chi connectivity index (χ1v) is 10.4. The Labute approximate surface area is 178 Å². The molecule has 5 rings (SSSR count). The molecule has 0 radical (unpaired) electrons. The number of carboxylic acids is 1. The van der Waals surface area contributed by atoms with Gasteiger partial charge in [-0.2, -0.15) is 4.99 Å². The quantitative estimate of drug-likeness (QED) is 0.725. The molecular formula is C22H24N4O5. The van der Waals surface area contributed by atoms with E-state index >= 15 is 0 Å². The van der Waals surface area contributed by atoms with Crippen molar-refractivity contribution in [3.05, 3.63) is 35.5 Å². The summed E-state index contributed by atoms with van der Waals surface area (Å²) in [5.74, 6) is 1.06. The lowest BCUT2D eigenvalue weighted by atomic mass is 9.83. The van der Waals surface area contributed by atoms with Crippen LogP contribution in [0.25, 0.3) is 11.0 Å². The van der Waals surface area contributed by atoms with E-state index in [4.69, 9.17) is 9.57 Å². The van der Waals surface area contributed by atoms with Gasteiger partial charge in [0.15, 0.2) is 11.8 Å². The smallest absolute Gasteiger partial charge is 0.372 e. The Bertz CT molecular complexity index is 1180. The molecule has 31 heavy (non-hydrogen) atoms. The van der Waals surface area contributed by atoms with Crippen LogP contribution >= 0.6 is 0 Å². The largest absolute Gasteiger partial charge is 0.475 e. The van der Waals surface area contributed by atoms with Crippen molar-refractivity contribution in [2.45, 2.75) is 57.1 Å². The summed E-state index contributed by atoms with van der Waals surface area (Å²) < 4.78 is 7.56. The van der Waals surface area contributed by atoms with E-state index in [9.17, 15) is 14.7 Å². The minimum Gasteiger partial charge on any atom is -0.475 e. The number of aromatic nitrogens is 2. The topological polar surface area (TPSA) is 115 Å². The van der Waals surface area contributed by atoms with E-state index in [0.717, 1.165) is 18.4 Å². The number of hydrogen-bond acceptors (Lipinski definition) is 7. The molecule has 2 fully saturated rings. The van der Waals surface area contributed by atoms with Crippen molar-refractivity contribution in [2.24, 2.45) is 10.9 Å². The highest BCUT2D eigenvalue weighted by Gasteiger charge is 2.60. The lowest BCUT2D eigenvalue weighted by Gasteiger charge is -2.35. The molecule has 0 bridgehead atoms. The number of hydroxylamine groups is 1. The number of hydrogen-bond donors (Lipinski definition) is 2. The average molecular weight is 424 g/mol. The first kappa shape index (κ1) is 19.8. The van der Waals surface area contributed by atoms with Gasteiger partial charge in [0.05, 0.1) is 16.6 Å². The Morgan fingerprint density at radius 2 is 2.13 bits per heavy atom. The third-order valence-corrected chi connectivity index (χ3v) is 6.66. The van der Waals surface area contributed by atoms with Crippen LogP contribution < -0.4 is 5.48 Å². The number of imidazole rings is 1. The number of aliphatic imine (C=N–C) groups is 1. The van der Waals surface area contributed by atoms with E-state index in [1.165, 1.54) is 0 Å². The molecule has 3 atom stereocenters. The number of nitrogens with zero attached hydrogens (tertiary/aromatic N) is 3. The van der Waals surface area contributed by atoms with Crippen LogP contribution in [-0.2, 0) is 19.9 Å². The number of amidine groups is 1. The van der Waals surface area contributed by atoms with Gasteiger partial charge in [-0.15, -0.1) is 0 Å². The second kappa shape index (κ2) is 6.67. The van der Waals surface area contributed by atoms with Gasteiger partial charge >= 0.3 is 11.9 Å². The van der Waals surface area contributed by atoms with Crippen LogP contribution in [-0.4, -0.2) is 44.6 Å². The molecule has 2 N–H and O–H groups in total. The molecule has 0 spiro atoms. The summed E-state index contributed by atoms with van der Waals surface area (Å²) in [6.07, 6.45) is 2.46. The van der Waals surface area contributed by atoms with E-state index in [0.29, 0.717) is 35.8 Å². The van der Waals surface area contributed by atoms with Crippen LogP contribution in [0.3, 0.4) is 0 Å². The van der Waals surface area contributed by atoms with E-state index in [1.54, 1.807) is 10.5 Å². The molecule has 0 unspecified atom stereocenters. The number of carbonyl (C=O) groups is 1. The van der Waals surface area contributed by atoms with E-state index < -0.39 is 11.5 Å². The van der Waals surface area contributed by atoms with Crippen LogP contribution in [0.5, 0.6) is 0 Å².